The third kappa shape index (κ3) is 9.44. The molecule has 14 nitrogen and oxygen atoms in total. The molecule has 59 heavy (non-hydrogen) atoms. The summed E-state index contributed by atoms with van der Waals surface area (Å²) >= 11 is 0. The first-order valence-corrected chi connectivity index (χ1v) is 20.5. The quantitative estimate of drug-likeness (QED) is 0.0872. The molecule has 2 N–H and O–H groups in total. The van der Waals surface area contributed by atoms with Crippen molar-refractivity contribution in [2.75, 3.05) is 56.7 Å². The molecular formula is C43H49F2N9O5. The Kier molecular flexibility index (Phi) is 12.2. The minimum absolute atomic E-state index is 0.000255. The molecule has 5 aromatic rings. The van der Waals surface area contributed by atoms with Gasteiger partial charge in [-0.05, 0) is 99.8 Å². The molecule has 2 aliphatic heterocycles. The first-order chi connectivity index (χ1) is 28.7. The number of hydrogen-bond acceptors (Lipinski definition) is 10. The highest BCUT2D eigenvalue weighted by molar-refractivity contribution is 6.11. The van der Waals surface area contributed by atoms with Crippen molar-refractivity contribution < 1.29 is 32.6 Å². The number of aromatic nitrogens is 5. The number of carbonyl (C=O) groups is 3. The van der Waals surface area contributed by atoms with E-state index in [0.717, 1.165) is 64.5 Å². The Labute approximate surface area is 340 Å². The van der Waals surface area contributed by atoms with Crippen molar-refractivity contribution in [1.82, 2.24) is 34.6 Å². The Morgan fingerprint density at radius 1 is 1.03 bits per heavy atom. The standard InChI is InChI=1S/C43H49F2N9O5/c1-51(18-4-2-3-6-28-11-15-32(16-12-28)59-35-8-5-7-30-24-37(55)49-43(57)38(30)35)26-29-9-13-31(14-10-29)54-27-34(39(50-54)40(44)45)47-42(56)33-25-46-53-19-17-36(48-41(33)53)52-20-22-58-23-21-52/h5,7-8,11-12,15-17,19,25,27,29,31,40H,2-4,6,9-10,13-14,18,20-24,26H2,1H3,(H,47,56)(H,49,55,57)/t29-,31-. The van der Waals surface area contributed by atoms with Crippen LogP contribution in [0.25, 0.3) is 5.65 Å². The van der Waals surface area contributed by atoms with Gasteiger partial charge in [0.1, 0.15) is 22.9 Å². The molecule has 0 radical (unpaired) electrons. The van der Waals surface area contributed by atoms with Gasteiger partial charge in [0.2, 0.25) is 5.91 Å². The lowest BCUT2D eigenvalue weighted by molar-refractivity contribution is -0.119. The van der Waals surface area contributed by atoms with Crippen LogP contribution in [0.3, 0.4) is 0 Å². The van der Waals surface area contributed by atoms with Gasteiger partial charge in [-0.15, -0.1) is 0 Å². The van der Waals surface area contributed by atoms with Gasteiger partial charge in [-0.2, -0.15) is 10.2 Å². The van der Waals surface area contributed by atoms with Gasteiger partial charge < -0.3 is 24.6 Å². The van der Waals surface area contributed by atoms with E-state index in [1.165, 1.54) is 16.3 Å². The van der Waals surface area contributed by atoms with E-state index in [1.54, 1.807) is 35.3 Å². The Balaban J connectivity index is 0.765. The Hall–Kier alpha value is -5.74. The molecule has 3 aliphatic rings. The zero-order valence-electron chi connectivity index (χ0n) is 33.1. The monoisotopic (exact) mass is 809 g/mol. The molecule has 1 aliphatic carbocycles. The molecule has 310 valence electrons. The number of rotatable bonds is 15. The summed E-state index contributed by atoms with van der Waals surface area (Å²) in [5.41, 5.74) is 2.39. The highest BCUT2D eigenvalue weighted by Crippen LogP contribution is 2.36. The van der Waals surface area contributed by atoms with Gasteiger partial charge in [0.05, 0.1) is 43.1 Å². The van der Waals surface area contributed by atoms with Crippen LogP contribution in [0.5, 0.6) is 11.5 Å². The number of nitrogens with zero attached hydrogens (tertiary/aromatic N) is 7. The number of morpholine rings is 1. The summed E-state index contributed by atoms with van der Waals surface area (Å²) in [6.07, 6.45) is 9.80. The van der Waals surface area contributed by atoms with E-state index in [1.807, 2.05) is 30.3 Å². The molecule has 3 amide bonds. The van der Waals surface area contributed by atoms with Crippen LogP contribution in [-0.4, -0.2) is 93.4 Å². The predicted octanol–water partition coefficient (Wildman–Crippen LogP) is 6.63. The van der Waals surface area contributed by atoms with Crippen molar-refractivity contribution in [1.29, 1.82) is 0 Å². The number of ether oxygens (including phenoxy) is 2. The van der Waals surface area contributed by atoms with Gasteiger partial charge in [0, 0.05) is 32.0 Å². The van der Waals surface area contributed by atoms with Crippen molar-refractivity contribution in [3.8, 4) is 11.5 Å². The molecule has 16 heteroatoms. The molecule has 2 fully saturated rings. The fraction of sp³-hybridized carbons (Fsp3) is 0.442. The third-order valence-corrected chi connectivity index (χ3v) is 11.5. The maximum atomic E-state index is 14.2. The number of hydrogen-bond donors (Lipinski definition) is 2. The second-order valence-corrected chi connectivity index (χ2v) is 15.7. The number of amides is 3. The smallest absolute Gasteiger partial charge is 0.284 e. The lowest BCUT2D eigenvalue weighted by atomic mass is 9.86. The average molecular weight is 810 g/mol. The zero-order valence-corrected chi connectivity index (χ0v) is 33.1. The van der Waals surface area contributed by atoms with Crippen molar-refractivity contribution in [2.45, 2.75) is 70.3 Å². The molecule has 1 saturated heterocycles. The van der Waals surface area contributed by atoms with E-state index >= 15 is 0 Å². The SMILES string of the molecule is CN(CCCCCc1ccc(Oc2cccc3c2C(=O)NC(=O)C3)cc1)C[C@H]1CC[C@H](n2cc(NC(=O)c3cnn4ccc(N5CCOCC5)nc34)c(C(F)F)n2)CC1. The van der Waals surface area contributed by atoms with E-state index in [0.29, 0.717) is 66.3 Å². The summed E-state index contributed by atoms with van der Waals surface area (Å²) in [5.74, 6) is 0.978. The van der Waals surface area contributed by atoms with Crippen LogP contribution in [-0.2, 0) is 22.4 Å². The predicted molar refractivity (Wildman–Crippen MR) is 216 cm³/mol. The van der Waals surface area contributed by atoms with Gasteiger partial charge in [-0.1, -0.05) is 30.7 Å². The summed E-state index contributed by atoms with van der Waals surface area (Å²) in [6.45, 7) is 4.53. The van der Waals surface area contributed by atoms with Crippen LogP contribution in [0.4, 0.5) is 20.3 Å². The lowest BCUT2D eigenvalue weighted by Crippen LogP contribution is -2.37. The van der Waals surface area contributed by atoms with Gasteiger partial charge >= 0.3 is 0 Å². The van der Waals surface area contributed by atoms with E-state index in [9.17, 15) is 23.2 Å². The molecule has 3 aromatic heterocycles. The summed E-state index contributed by atoms with van der Waals surface area (Å²) in [5, 5.41) is 13.6. The maximum Gasteiger partial charge on any atom is 0.284 e. The number of imide groups is 1. The van der Waals surface area contributed by atoms with Crippen molar-refractivity contribution in [3.63, 3.8) is 0 Å². The van der Waals surface area contributed by atoms with Crippen LogP contribution in [0.1, 0.15) is 94.9 Å². The number of nitrogens with one attached hydrogen (secondary N) is 2. The van der Waals surface area contributed by atoms with Crippen LogP contribution in [0.15, 0.2) is 67.1 Å². The first kappa shape index (κ1) is 40.1. The fourth-order valence-corrected chi connectivity index (χ4v) is 8.36. The van der Waals surface area contributed by atoms with E-state index in [-0.39, 0.29) is 29.6 Å². The van der Waals surface area contributed by atoms with E-state index in [4.69, 9.17) is 9.47 Å². The number of benzene rings is 2. The molecular weight excluding hydrogens is 761 g/mol. The normalized spacial score (nSPS) is 18.4. The van der Waals surface area contributed by atoms with Crippen molar-refractivity contribution >= 4 is 34.9 Å². The highest BCUT2D eigenvalue weighted by atomic mass is 19.3. The molecule has 0 unspecified atom stereocenters. The van der Waals surface area contributed by atoms with Crippen LogP contribution in [0.2, 0.25) is 0 Å². The number of carbonyl (C=O) groups excluding carboxylic acids is 3. The minimum atomic E-state index is -2.85. The average Bonchev–Trinajstić information content (AvgIpc) is 3.86. The number of fused-ring (bicyclic) bond motifs is 2. The largest absolute Gasteiger partial charge is 0.457 e. The van der Waals surface area contributed by atoms with Crippen LogP contribution < -0.4 is 20.3 Å². The number of anilines is 2. The molecule has 2 aromatic carbocycles. The van der Waals surface area contributed by atoms with Gasteiger partial charge in [-0.3, -0.25) is 24.4 Å². The summed E-state index contributed by atoms with van der Waals surface area (Å²) in [7, 11) is 2.16. The number of aryl methyl sites for hydroxylation is 1. The second-order valence-electron chi connectivity index (χ2n) is 15.7. The van der Waals surface area contributed by atoms with Gasteiger partial charge in [-0.25, -0.2) is 18.3 Å². The molecule has 1 saturated carbocycles. The summed E-state index contributed by atoms with van der Waals surface area (Å²) < 4.78 is 43.0. The molecule has 0 bridgehead atoms. The highest BCUT2D eigenvalue weighted by Gasteiger charge is 2.29. The topological polar surface area (TPSA) is 148 Å². The van der Waals surface area contributed by atoms with Crippen LogP contribution in [0, 0.1) is 5.92 Å². The van der Waals surface area contributed by atoms with Gasteiger partial charge in [0.25, 0.3) is 18.2 Å². The van der Waals surface area contributed by atoms with Crippen molar-refractivity contribution in [2.24, 2.45) is 5.92 Å². The van der Waals surface area contributed by atoms with Crippen LogP contribution >= 0.6 is 0 Å². The Morgan fingerprint density at radius 3 is 2.61 bits per heavy atom. The van der Waals surface area contributed by atoms with E-state index in [2.05, 4.69) is 42.7 Å². The maximum absolute atomic E-state index is 14.2. The third-order valence-electron chi connectivity index (χ3n) is 11.5. The molecule has 0 atom stereocenters. The Morgan fingerprint density at radius 2 is 1.83 bits per heavy atom. The number of halogens is 2. The summed E-state index contributed by atoms with van der Waals surface area (Å²) in [4.78, 5) is 46.7. The number of alkyl halides is 2. The fourth-order valence-electron chi connectivity index (χ4n) is 8.36. The zero-order chi connectivity index (χ0) is 40.9. The Bertz CT molecular complexity index is 2280. The lowest BCUT2D eigenvalue weighted by Gasteiger charge is -2.31. The molecule has 5 heterocycles. The second kappa shape index (κ2) is 18.0. The van der Waals surface area contributed by atoms with Crippen molar-refractivity contribution in [3.05, 3.63) is 95.1 Å². The summed E-state index contributed by atoms with van der Waals surface area (Å²) in [6, 6.07) is 15.0. The molecule has 0 spiro atoms. The number of unbranched alkanes of at least 4 members (excludes halogenated alkanes) is 2. The van der Waals surface area contributed by atoms with Gasteiger partial charge in [0.15, 0.2) is 11.3 Å². The first-order valence-electron chi connectivity index (χ1n) is 20.5. The molecule has 8 rings (SSSR count). The minimum Gasteiger partial charge on any atom is -0.457 e. The van der Waals surface area contributed by atoms with E-state index < -0.39 is 23.9 Å².